The Balaban J connectivity index is 2.68. The molecule has 0 aliphatic rings. The van der Waals surface area contributed by atoms with Crippen LogP contribution in [0.4, 0.5) is 10.2 Å². The van der Waals surface area contributed by atoms with Crippen LogP contribution in [0.2, 0.25) is 5.02 Å². The van der Waals surface area contributed by atoms with Gasteiger partial charge in [0, 0.05) is 17.0 Å². The predicted octanol–water partition coefficient (Wildman–Crippen LogP) is 4.80. The van der Waals surface area contributed by atoms with Crippen LogP contribution in [-0.4, -0.2) is 9.55 Å². The zero-order valence-corrected chi connectivity index (χ0v) is 13.8. The van der Waals surface area contributed by atoms with E-state index in [1.165, 1.54) is 6.07 Å². The van der Waals surface area contributed by atoms with Crippen molar-refractivity contribution in [1.82, 2.24) is 9.55 Å². The number of aromatic nitrogens is 2. The van der Waals surface area contributed by atoms with Gasteiger partial charge < -0.3 is 10.3 Å². The Kier molecular flexibility index (Phi) is 4.02. The third kappa shape index (κ3) is 2.91. The number of hydrogen-bond acceptors (Lipinski definition) is 2. The van der Waals surface area contributed by atoms with Gasteiger partial charge in [-0.05, 0) is 39.0 Å². The fourth-order valence-corrected chi connectivity index (χ4v) is 2.58. The first-order valence-corrected chi connectivity index (χ1v) is 7.34. The van der Waals surface area contributed by atoms with Gasteiger partial charge in [-0.3, -0.25) is 0 Å². The highest BCUT2D eigenvalue weighted by atomic mass is 35.5. The maximum absolute atomic E-state index is 13.3. The van der Waals surface area contributed by atoms with Crippen LogP contribution in [0.1, 0.15) is 46.4 Å². The van der Waals surface area contributed by atoms with Gasteiger partial charge >= 0.3 is 0 Å². The summed E-state index contributed by atoms with van der Waals surface area (Å²) in [5.41, 5.74) is 7.50. The number of benzene rings is 1. The van der Waals surface area contributed by atoms with Gasteiger partial charge in [0.2, 0.25) is 0 Å². The highest BCUT2D eigenvalue weighted by molar-refractivity contribution is 6.31. The van der Waals surface area contributed by atoms with E-state index >= 15 is 0 Å². The molecule has 0 fully saturated rings. The Bertz CT molecular complexity index is 669. The summed E-state index contributed by atoms with van der Waals surface area (Å²) >= 11 is 5.86. The molecule has 0 radical (unpaired) electrons. The minimum absolute atomic E-state index is 0.0725. The van der Waals surface area contributed by atoms with Crippen molar-refractivity contribution in [3.63, 3.8) is 0 Å². The maximum Gasteiger partial charge on any atom is 0.141 e. The van der Waals surface area contributed by atoms with Gasteiger partial charge in [-0.25, -0.2) is 9.37 Å². The van der Waals surface area contributed by atoms with Crippen LogP contribution in [0, 0.1) is 5.82 Å². The highest BCUT2D eigenvalue weighted by Crippen LogP contribution is 2.35. The normalized spacial score (nSPS) is 12.2. The number of imidazole rings is 1. The number of rotatable bonds is 2. The first kappa shape index (κ1) is 15.8. The molecule has 2 N–H and O–H groups in total. The highest BCUT2D eigenvalue weighted by Gasteiger charge is 2.26. The molecule has 0 bridgehead atoms. The molecule has 114 valence electrons. The summed E-state index contributed by atoms with van der Waals surface area (Å²) in [6, 6.07) is 4.55. The lowest BCUT2D eigenvalue weighted by Gasteiger charge is -2.26. The van der Waals surface area contributed by atoms with E-state index in [9.17, 15) is 4.39 Å². The molecule has 0 spiro atoms. The van der Waals surface area contributed by atoms with E-state index in [4.69, 9.17) is 17.3 Å². The molecule has 0 saturated carbocycles. The molecular formula is C16H21ClFN3. The molecule has 0 amide bonds. The van der Waals surface area contributed by atoms with Gasteiger partial charge in [0.1, 0.15) is 23.2 Å². The Hall–Kier alpha value is -1.55. The fourth-order valence-electron chi connectivity index (χ4n) is 2.40. The van der Waals surface area contributed by atoms with Crippen molar-refractivity contribution in [1.29, 1.82) is 0 Å². The van der Waals surface area contributed by atoms with Gasteiger partial charge in [-0.15, -0.1) is 0 Å². The molecule has 0 atom stereocenters. The smallest absolute Gasteiger partial charge is 0.141 e. The third-order valence-electron chi connectivity index (χ3n) is 3.32. The van der Waals surface area contributed by atoms with Crippen LogP contribution < -0.4 is 5.73 Å². The van der Waals surface area contributed by atoms with E-state index in [1.54, 1.807) is 12.1 Å². The summed E-state index contributed by atoms with van der Waals surface area (Å²) in [6.45, 7) is 10.4. The Labute approximate surface area is 129 Å². The van der Waals surface area contributed by atoms with E-state index in [2.05, 4.69) is 39.6 Å². The Morgan fingerprint density at radius 1 is 1.29 bits per heavy atom. The summed E-state index contributed by atoms with van der Waals surface area (Å²) in [7, 11) is 0. The lowest BCUT2D eigenvalue weighted by atomic mass is 10.1. The van der Waals surface area contributed by atoms with Crippen LogP contribution in [0.5, 0.6) is 0 Å². The number of halogens is 2. The number of nitrogens with zero attached hydrogens (tertiary/aromatic N) is 2. The molecule has 5 heteroatoms. The van der Waals surface area contributed by atoms with E-state index in [-0.39, 0.29) is 16.5 Å². The lowest BCUT2D eigenvalue weighted by Crippen LogP contribution is -2.26. The van der Waals surface area contributed by atoms with E-state index < -0.39 is 5.82 Å². The lowest BCUT2D eigenvalue weighted by molar-refractivity contribution is 0.382. The molecule has 3 nitrogen and oxygen atoms in total. The van der Waals surface area contributed by atoms with Crippen molar-refractivity contribution in [2.75, 3.05) is 5.73 Å². The van der Waals surface area contributed by atoms with Crippen LogP contribution in [0.15, 0.2) is 18.2 Å². The maximum atomic E-state index is 13.3. The molecule has 1 heterocycles. The minimum atomic E-state index is -0.446. The van der Waals surface area contributed by atoms with Crippen molar-refractivity contribution in [3.8, 4) is 11.3 Å². The summed E-state index contributed by atoms with van der Waals surface area (Å²) < 4.78 is 15.4. The van der Waals surface area contributed by atoms with Crippen molar-refractivity contribution >= 4 is 17.4 Å². The molecule has 0 aliphatic heterocycles. The second kappa shape index (κ2) is 5.34. The molecule has 21 heavy (non-hydrogen) atoms. The topological polar surface area (TPSA) is 43.8 Å². The number of anilines is 1. The van der Waals surface area contributed by atoms with Crippen molar-refractivity contribution in [2.24, 2.45) is 0 Å². The molecule has 1 aromatic heterocycles. The quantitative estimate of drug-likeness (QED) is 0.865. The molecular weight excluding hydrogens is 289 g/mol. The summed E-state index contributed by atoms with van der Waals surface area (Å²) in [4.78, 5) is 4.67. The molecule has 0 saturated heterocycles. The number of nitrogen functional groups attached to an aromatic ring is 1. The molecule has 2 rings (SSSR count). The molecule has 2 aromatic rings. The van der Waals surface area contributed by atoms with Crippen LogP contribution in [0.3, 0.4) is 0 Å². The molecule has 0 aliphatic carbocycles. The largest absolute Gasteiger partial charge is 0.383 e. The predicted molar refractivity (Wildman–Crippen MR) is 86.1 cm³/mol. The average Bonchev–Trinajstić information content (AvgIpc) is 2.70. The van der Waals surface area contributed by atoms with Gasteiger partial charge in [0.15, 0.2) is 0 Å². The van der Waals surface area contributed by atoms with Gasteiger partial charge in [0.25, 0.3) is 0 Å². The average molecular weight is 310 g/mol. The Morgan fingerprint density at radius 3 is 2.33 bits per heavy atom. The summed E-state index contributed by atoms with van der Waals surface area (Å²) in [5, 5.41) is 0.0725. The first-order chi connectivity index (χ1) is 9.62. The second-order valence-electron chi connectivity index (χ2n) is 6.49. The van der Waals surface area contributed by atoms with Crippen LogP contribution in [0.25, 0.3) is 11.3 Å². The van der Waals surface area contributed by atoms with Crippen molar-refractivity contribution in [3.05, 3.63) is 34.9 Å². The first-order valence-electron chi connectivity index (χ1n) is 6.97. The molecule has 1 aromatic carbocycles. The number of nitrogens with two attached hydrogens (primary N) is 1. The van der Waals surface area contributed by atoms with E-state index in [0.717, 1.165) is 11.4 Å². The standard InChI is InChI=1S/C16H21ClFN3/c1-9(2)15-20-13(14(19)21(15)16(3,4)5)10-6-7-12(18)11(17)8-10/h6-9H,19H2,1-5H3. The summed E-state index contributed by atoms with van der Waals surface area (Å²) in [6.07, 6.45) is 0. The van der Waals surface area contributed by atoms with Crippen molar-refractivity contribution in [2.45, 2.75) is 46.1 Å². The van der Waals surface area contributed by atoms with Crippen LogP contribution >= 0.6 is 11.6 Å². The van der Waals surface area contributed by atoms with Gasteiger partial charge in [-0.1, -0.05) is 25.4 Å². The number of hydrogen-bond donors (Lipinski definition) is 1. The third-order valence-corrected chi connectivity index (χ3v) is 3.61. The SMILES string of the molecule is CC(C)c1nc(-c2ccc(F)c(Cl)c2)c(N)n1C(C)(C)C. The minimum Gasteiger partial charge on any atom is -0.383 e. The van der Waals surface area contributed by atoms with Crippen molar-refractivity contribution < 1.29 is 4.39 Å². The zero-order valence-electron chi connectivity index (χ0n) is 13.0. The zero-order chi connectivity index (χ0) is 15.9. The van der Waals surface area contributed by atoms with Gasteiger partial charge in [-0.2, -0.15) is 0 Å². The second-order valence-corrected chi connectivity index (χ2v) is 6.90. The fraction of sp³-hybridized carbons (Fsp3) is 0.438. The monoisotopic (exact) mass is 309 g/mol. The summed E-state index contributed by atoms with van der Waals surface area (Å²) in [5.74, 6) is 1.28. The van der Waals surface area contributed by atoms with Crippen LogP contribution in [-0.2, 0) is 5.54 Å². The van der Waals surface area contributed by atoms with Gasteiger partial charge in [0.05, 0.1) is 5.02 Å². The molecule has 0 unspecified atom stereocenters. The van der Waals surface area contributed by atoms with E-state index in [0.29, 0.717) is 11.5 Å². The van der Waals surface area contributed by atoms with E-state index in [1.807, 2.05) is 4.57 Å². The Morgan fingerprint density at radius 2 is 1.90 bits per heavy atom.